The number of phenolic OH excluding ortho intramolecular Hbond substituents is 1. The number of hydrogen-bond donors (Lipinski definition) is 2. The van der Waals surface area contributed by atoms with Crippen LogP contribution in [0.4, 0.5) is 0 Å². The number of aromatic hydroxyl groups is 1. The number of halogens is 1. The van der Waals surface area contributed by atoms with Gasteiger partial charge in [0.2, 0.25) is 0 Å². The third-order valence-corrected chi connectivity index (χ3v) is 5.04. The molecule has 2 N–H and O–H groups in total. The van der Waals surface area contributed by atoms with Crippen molar-refractivity contribution >= 4 is 29.9 Å². The number of guanidine groups is 1. The second-order valence-electron chi connectivity index (χ2n) is 6.81. The molecule has 3 rings (SSSR count). The molecule has 1 aliphatic heterocycles. The third-order valence-electron chi connectivity index (χ3n) is 5.04. The Hall–Kier alpha value is -2.36. The Morgan fingerprint density at radius 1 is 1.07 bits per heavy atom. The number of phenols is 1. The van der Waals surface area contributed by atoms with Crippen LogP contribution in [-0.4, -0.2) is 50.4 Å². The number of methoxy groups -OCH3 is 3. The van der Waals surface area contributed by atoms with Gasteiger partial charge in [-0.3, -0.25) is 0 Å². The molecule has 30 heavy (non-hydrogen) atoms. The van der Waals surface area contributed by atoms with Gasteiger partial charge in [-0.25, -0.2) is 4.99 Å². The largest absolute Gasteiger partial charge is 0.508 e. The number of nitrogens with zero attached hydrogens (tertiary/aromatic N) is 2. The third kappa shape index (κ3) is 5.41. The SMILES string of the molecule is CCNC(=NCc1cc(OC)ccc1O)N1CCc2cc(OC)c(OC)cc2C1.I. The van der Waals surface area contributed by atoms with Crippen LogP contribution in [0.15, 0.2) is 35.3 Å². The Labute approximate surface area is 195 Å². The molecule has 0 fully saturated rings. The molecule has 164 valence electrons. The minimum absolute atomic E-state index is 0. The molecule has 0 spiro atoms. The van der Waals surface area contributed by atoms with E-state index in [-0.39, 0.29) is 29.7 Å². The number of rotatable bonds is 6. The normalized spacial score (nSPS) is 13.2. The number of hydrogen-bond acceptors (Lipinski definition) is 5. The summed E-state index contributed by atoms with van der Waals surface area (Å²) in [5, 5.41) is 13.5. The molecule has 8 heteroatoms. The highest BCUT2D eigenvalue weighted by molar-refractivity contribution is 14.0. The van der Waals surface area contributed by atoms with Gasteiger partial charge in [-0.15, -0.1) is 24.0 Å². The lowest BCUT2D eigenvalue weighted by Gasteiger charge is -2.32. The zero-order valence-corrected chi connectivity index (χ0v) is 20.2. The molecule has 0 saturated carbocycles. The molecule has 0 saturated heterocycles. The van der Waals surface area contributed by atoms with Crippen LogP contribution in [0.2, 0.25) is 0 Å². The first kappa shape index (κ1) is 23.9. The van der Waals surface area contributed by atoms with Gasteiger partial charge in [-0.2, -0.15) is 0 Å². The highest BCUT2D eigenvalue weighted by Gasteiger charge is 2.21. The fraction of sp³-hybridized carbons (Fsp3) is 0.409. The van der Waals surface area contributed by atoms with Gasteiger partial charge in [-0.1, -0.05) is 0 Å². The van der Waals surface area contributed by atoms with E-state index >= 15 is 0 Å². The van der Waals surface area contributed by atoms with E-state index in [0.29, 0.717) is 12.3 Å². The number of benzene rings is 2. The summed E-state index contributed by atoms with van der Waals surface area (Å²) in [6, 6.07) is 9.27. The summed E-state index contributed by atoms with van der Waals surface area (Å²) in [5.74, 6) is 3.22. The monoisotopic (exact) mass is 527 g/mol. The number of fused-ring (bicyclic) bond motifs is 1. The number of aliphatic imine (C=N–C) groups is 1. The van der Waals surface area contributed by atoms with E-state index < -0.39 is 0 Å². The van der Waals surface area contributed by atoms with E-state index in [1.807, 2.05) is 19.1 Å². The maximum absolute atomic E-state index is 10.1. The topological polar surface area (TPSA) is 75.6 Å². The zero-order valence-electron chi connectivity index (χ0n) is 17.9. The molecule has 0 atom stereocenters. The fourth-order valence-electron chi connectivity index (χ4n) is 3.47. The van der Waals surface area contributed by atoms with Gasteiger partial charge >= 0.3 is 0 Å². The summed E-state index contributed by atoms with van der Waals surface area (Å²) in [4.78, 5) is 6.97. The van der Waals surface area contributed by atoms with Crippen molar-refractivity contribution in [1.29, 1.82) is 0 Å². The molecule has 0 bridgehead atoms. The molecule has 7 nitrogen and oxygen atoms in total. The minimum Gasteiger partial charge on any atom is -0.508 e. The minimum atomic E-state index is 0. The molecule has 1 heterocycles. The van der Waals surface area contributed by atoms with Gasteiger partial charge in [0, 0.05) is 25.2 Å². The van der Waals surface area contributed by atoms with Crippen molar-refractivity contribution in [3.63, 3.8) is 0 Å². The molecular formula is C22H30IN3O4. The fourth-order valence-corrected chi connectivity index (χ4v) is 3.47. The summed E-state index contributed by atoms with van der Waals surface area (Å²) in [6.07, 6.45) is 0.893. The van der Waals surface area contributed by atoms with Crippen LogP contribution < -0.4 is 19.5 Å². The summed E-state index contributed by atoms with van der Waals surface area (Å²) >= 11 is 0. The maximum Gasteiger partial charge on any atom is 0.194 e. The summed E-state index contributed by atoms with van der Waals surface area (Å²) in [5.41, 5.74) is 3.19. The highest BCUT2D eigenvalue weighted by atomic mass is 127. The molecule has 0 unspecified atom stereocenters. The molecule has 0 radical (unpaired) electrons. The second-order valence-corrected chi connectivity index (χ2v) is 6.81. The van der Waals surface area contributed by atoms with Gasteiger partial charge < -0.3 is 29.5 Å². The van der Waals surface area contributed by atoms with E-state index in [9.17, 15) is 5.11 Å². The molecule has 2 aromatic carbocycles. The predicted molar refractivity (Wildman–Crippen MR) is 129 cm³/mol. The van der Waals surface area contributed by atoms with Crippen molar-refractivity contribution in [1.82, 2.24) is 10.2 Å². The lowest BCUT2D eigenvalue weighted by atomic mass is 9.99. The molecule has 0 aliphatic carbocycles. The van der Waals surface area contributed by atoms with Crippen LogP contribution in [-0.2, 0) is 19.5 Å². The zero-order chi connectivity index (χ0) is 20.8. The van der Waals surface area contributed by atoms with Gasteiger partial charge in [0.25, 0.3) is 0 Å². The summed E-state index contributed by atoms with van der Waals surface area (Å²) in [6.45, 7) is 4.74. The Bertz CT molecular complexity index is 889. The first-order valence-electron chi connectivity index (χ1n) is 9.72. The maximum atomic E-state index is 10.1. The van der Waals surface area contributed by atoms with Gasteiger partial charge in [0.15, 0.2) is 17.5 Å². The van der Waals surface area contributed by atoms with Crippen LogP contribution >= 0.6 is 24.0 Å². The Morgan fingerprint density at radius 3 is 2.40 bits per heavy atom. The van der Waals surface area contributed by atoms with E-state index in [2.05, 4.69) is 16.3 Å². The van der Waals surface area contributed by atoms with E-state index in [1.165, 1.54) is 11.1 Å². The van der Waals surface area contributed by atoms with E-state index in [1.54, 1.807) is 33.5 Å². The Balaban J connectivity index is 0.00000320. The van der Waals surface area contributed by atoms with Crippen molar-refractivity contribution in [2.45, 2.75) is 26.4 Å². The molecule has 0 aromatic heterocycles. The smallest absolute Gasteiger partial charge is 0.194 e. The average molecular weight is 527 g/mol. The van der Waals surface area contributed by atoms with Crippen molar-refractivity contribution in [3.05, 3.63) is 47.0 Å². The molecule has 1 aliphatic rings. The molecular weight excluding hydrogens is 497 g/mol. The van der Waals surface area contributed by atoms with Crippen molar-refractivity contribution in [2.75, 3.05) is 34.4 Å². The number of ether oxygens (including phenoxy) is 3. The van der Waals surface area contributed by atoms with Gasteiger partial charge in [-0.05, 0) is 54.8 Å². The van der Waals surface area contributed by atoms with E-state index in [4.69, 9.17) is 19.2 Å². The van der Waals surface area contributed by atoms with Crippen LogP contribution in [0.3, 0.4) is 0 Å². The summed E-state index contributed by atoms with van der Waals surface area (Å²) in [7, 11) is 4.91. The van der Waals surface area contributed by atoms with Crippen LogP contribution in [0.1, 0.15) is 23.6 Å². The predicted octanol–water partition coefficient (Wildman–Crippen LogP) is 3.56. The number of nitrogens with one attached hydrogen (secondary N) is 1. The summed E-state index contributed by atoms with van der Waals surface area (Å²) < 4.78 is 16.1. The van der Waals surface area contributed by atoms with Crippen LogP contribution in [0.25, 0.3) is 0 Å². The Morgan fingerprint density at radius 2 is 1.77 bits per heavy atom. The lowest BCUT2D eigenvalue weighted by Crippen LogP contribution is -2.44. The quantitative estimate of drug-likeness (QED) is 0.340. The van der Waals surface area contributed by atoms with Crippen molar-refractivity contribution in [3.8, 4) is 23.0 Å². The second kappa shape index (κ2) is 11.1. The van der Waals surface area contributed by atoms with Crippen molar-refractivity contribution in [2.24, 2.45) is 4.99 Å². The first-order chi connectivity index (χ1) is 14.1. The van der Waals surface area contributed by atoms with Gasteiger partial charge in [0.1, 0.15) is 11.5 Å². The highest BCUT2D eigenvalue weighted by Crippen LogP contribution is 2.33. The average Bonchev–Trinajstić information content (AvgIpc) is 2.76. The van der Waals surface area contributed by atoms with Crippen LogP contribution in [0, 0.1) is 0 Å². The Kier molecular flexibility index (Phi) is 8.88. The van der Waals surface area contributed by atoms with Crippen LogP contribution in [0.5, 0.6) is 23.0 Å². The van der Waals surface area contributed by atoms with Crippen molar-refractivity contribution < 1.29 is 19.3 Å². The molecule has 2 aromatic rings. The van der Waals surface area contributed by atoms with E-state index in [0.717, 1.165) is 49.1 Å². The lowest BCUT2D eigenvalue weighted by molar-refractivity contribution is 0.346. The first-order valence-corrected chi connectivity index (χ1v) is 9.72. The molecule has 0 amide bonds. The standard InChI is InChI=1S/C22H29N3O4.HI/c1-5-23-22(24-13-16-10-18(27-2)6-7-19(16)26)25-9-8-15-11-20(28-3)21(29-4)12-17(15)14-25;/h6-7,10-12,26H,5,8-9,13-14H2,1-4H3,(H,23,24);1H. The van der Waals surface area contributed by atoms with Gasteiger partial charge in [0.05, 0.1) is 27.9 Å².